The second-order valence-electron chi connectivity index (χ2n) is 4.80. The van der Waals surface area contributed by atoms with E-state index in [0.717, 1.165) is 31.4 Å². The van der Waals surface area contributed by atoms with E-state index in [0.29, 0.717) is 24.4 Å². The minimum absolute atomic E-state index is 0.0645. The summed E-state index contributed by atoms with van der Waals surface area (Å²) in [7, 11) is 0. The molecule has 0 atom stereocenters. The molecule has 4 heteroatoms. The molecular weight excluding hydrogens is 270 g/mol. The number of benzene rings is 1. The minimum atomic E-state index is 0.0645. The van der Waals surface area contributed by atoms with Crippen LogP contribution in [0.4, 0.5) is 5.69 Å². The number of Topliss-reactive ketones (excluding diaryl/α,β-unsaturated/α-hetero) is 1. The van der Waals surface area contributed by atoms with Gasteiger partial charge in [0.05, 0.1) is 5.75 Å². The van der Waals surface area contributed by atoms with Crippen LogP contribution in [0.25, 0.3) is 0 Å². The highest BCUT2D eigenvalue weighted by atomic mass is 32.2. The maximum atomic E-state index is 11.7. The predicted octanol–water partition coefficient (Wildman–Crippen LogP) is 3.90. The Kier molecular flexibility index (Phi) is 8.79. The van der Waals surface area contributed by atoms with Crippen LogP contribution >= 0.6 is 11.8 Å². The van der Waals surface area contributed by atoms with Crippen LogP contribution in [-0.4, -0.2) is 23.7 Å². The first-order chi connectivity index (χ1) is 9.72. The number of unbranched alkanes of at least 4 members (excludes halogenated alkanes) is 3. The molecule has 0 aromatic heterocycles. The average Bonchev–Trinajstić information content (AvgIpc) is 2.44. The number of carbonyl (C=O) groups is 2. The van der Waals surface area contributed by atoms with Crippen molar-refractivity contribution in [2.45, 2.75) is 38.5 Å². The molecule has 0 spiro atoms. The standard InChI is InChI=1S/C16H23NO2S/c1-20-13-15(18)11-7-2-3-8-12-16(19)17-14-9-5-4-6-10-14/h4-6,9-10H,2-3,7-8,11-13H2,1H3,(H,17,19). The van der Waals surface area contributed by atoms with E-state index < -0.39 is 0 Å². The molecule has 0 saturated heterocycles. The fourth-order valence-corrected chi connectivity index (χ4v) is 2.41. The Hall–Kier alpha value is -1.29. The van der Waals surface area contributed by atoms with Gasteiger partial charge in [0.15, 0.2) is 0 Å². The van der Waals surface area contributed by atoms with Crippen molar-refractivity contribution in [2.24, 2.45) is 0 Å². The molecule has 0 bridgehead atoms. The molecule has 0 unspecified atom stereocenters. The Bertz CT molecular complexity index is 406. The SMILES string of the molecule is CSCC(=O)CCCCCCC(=O)Nc1ccccc1. The molecule has 1 N–H and O–H groups in total. The van der Waals surface area contributed by atoms with Crippen molar-refractivity contribution < 1.29 is 9.59 Å². The molecule has 0 heterocycles. The smallest absolute Gasteiger partial charge is 0.224 e. The van der Waals surface area contributed by atoms with Gasteiger partial charge in [-0.25, -0.2) is 0 Å². The first-order valence-corrected chi connectivity index (χ1v) is 8.47. The molecule has 110 valence electrons. The van der Waals surface area contributed by atoms with Gasteiger partial charge < -0.3 is 5.32 Å². The first kappa shape index (κ1) is 16.8. The van der Waals surface area contributed by atoms with Crippen molar-refractivity contribution >= 4 is 29.1 Å². The Labute approximate surface area is 125 Å². The van der Waals surface area contributed by atoms with Crippen LogP contribution in [0, 0.1) is 0 Å². The minimum Gasteiger partial charge on any atom is -0.326 e. The summed E-state index contributed by atoms with van der Waals surface area (Å²) in [5.74, 6) is 1.02. The van der Waals surface area contributed by atoms with Crippen LogP contribution < -0.4 is 5.32 Å². The predicted molar refractivity (Wildman–Crippen MR) is 86.2 cm³/mol. The van der Waals surface area contributed by atoms with Crippen LogP contribution in [0.3, 0.4) is 0 Å². The van der Waals surface area contributed by atoms with Gasteiger partial charge in [-0.1, -0.05) is 31.0 Å². The van der Waals surface area contributed by atoms with Crippen LogP contribution in [0.15, 0.2) is 30.3 Å². The van der Waals surface area contributed by atoms with Gasteiger partial charge in [0.25, 0.3) is 0 Å². The van der Waals surface area contributed by atoms with Crippen molar-refractivity contribution in [1.29, 1.82) is 0 Å². The number of ketones is 1. The number of para-hydroxylation sites is 1. The fraction of sp³-hybridized carbons (Fsp3) is 0.500. The lowest BCUT2D eigenvalue weighted by Gasteiger charge is -2.04. The Morgan fingerprint density at radius 1 is 1.00 bits per heavy atom. The van der Waals surface area contributed by atoms with Crippen molar-refractivity contribution in [3.05, 3.63) is 30.3 Å². The van der Waals surface area contributed by atoms with Gasteiger partial charge >= 0.3 is 0 Å². The summed E-state index contributed by atoms with van der Waals surface area (Å²) >= 11 is 1.58. The summed E-state index contributed by atoms with van der Waals surface area (Å²) < 4.78 is 0. The van der Waals surface area contributed by atoms with Crippen LogP contribution in [0.2, 0.25) is 0 Å². The number of nitrogens with one attached hydrogen (secondary N) is 1. The molecule has 1 aromatic carbocycles. The Morgan fingerprint density at radius 2 is 1.65 bits per heavy atom. The van der Waals surface area contributed by atoms with Crippen molar-refractivity contribution in [2.75, 3.05) is 17.3 Å². The monoisotopic (exact) mass is 293 g/mol. The molecule has 0 aliphatic rings. The molecule has 20 heavy (non-hydrogen) atoms. The molecule has 0 fully saturated rings. The topological polar surface area (TPSA) is 46.2 Å². The van der Waals surface area contributed by atoms with E-state index >= 15 is 0 Å². The third-order valence-electron chi connectivity index (χ3n) is 2.97. The number of rotatable bonds is 10. The van der Waals surface area contributed by atoms with Gasteiger partial charge in [-0.05, 0) is 31.2 Å². The summed E-state index contributed by atoms with van der Waals surface area (Å²) in [5.41, 5.74) is 0.847. The van der Waals surface area contributed by atoms with Crippen molar-refractivity contribution in [1.82, 2.24) is 0 Å². The first-order valence-electron chi connectivity index (χ1n) is 7.08. The second-order valence-corrected chi connectivity index (χ2v) is 5.67. The Balaban J connectivity index is 2.01. The lowest BCUT2D eigenvalue weighted by Crippen LogP contribution is -2.10. The van der Waals surface area contributed by atoms with Gasteiger partial charge in [0, 0.05) is 18.5 Å². The number of thioether (sulfide) groups is 1. The molecule has 1 rings (SSSR count). The largest absolute Gasteiger partial charge is 0.326 e. The van der Waals surface area contributed by atoms with E-state index in [4.69, 9.17) is 0 Å². The van der Waals surface area contributed by atoms with Crippen LogP contribution in [0.1, 0.15) is 38.5 Å². The number of anilines is 1. The van der Waals surface area contributed by atoms with Crippen molar-refractivity contribution in [3.63, 3.8) is 0 Å². The highest BCUT2D eigenvalue weighted by Gasteiger charge is 2.03. The zero-order valence-electron chi connectivity index (χ0n) is 12.1. The molecule has 3 nitrogen and oxygen atoms in total. The Morgan fingerprint density at radius 3 is 2.30 bits per heavy atom. The molecule has 1 amide bonds. The van der Waals surface area contributed by atoms with Gasteiger partial charge in [-0.3, -0.25) is 9.59 Å². The number of hydrogen-bond acceptors (Lipinski definition) is 3. The lowest BCUT2D eigenvalue weighted by molar-refractivity contribution is -0.117. The van der Waals surface area contributed by atoms with Gasteiger partial charge in [-0.15, -0.1) is 0 Å². The lowest BCUT2D eigenvalue weighted by atomic mass is 10.1. The maximum absolute atomic E-state index is 11.7. The van der Waals surface area contributed by atoms with Crippen molar-refractivity contribution in [3.8, 4) is 0 Å². The van der Waals surface area contributed by atoms with E-state index in [1.54, 1.807) is 11.8 Å². The zero-order chi connectivity index (χ0) is 14.6. The van der Waals surface area contributed by atoms with Crippen LogP contribution in [-0.2, 0) is 9.59 Å². The second kappa shape index (κ2) is 10.5. The summed E-state index contributed by atoms with van der Waals surface area (Å²) in [5, 5.41) is 2.87. The molecule has 0 saturated carbocycles. The van der Waals surface area contributed by atoms with E-state index in [1.165, 1.54) is 0 Å². The summed E-state index contributed by atoms with van der Waals surface area (Å²) in [6.45, 7) is 0. The van der Waals surface area contributed by atoms with E-state index in [2.05, 4.69) is 5.32 Å². The van der Waals surface area contributed by atoms with Crippen LogP contribution in [0.5, 0.6) is 0 Å². The summed E-state index contributed by atoms with van der Waals surface area (Å²) in [6.07, 6.45) is 7.04. The van der Waals surface area contributed by atoms with Gasteiger partial charge in [-0.2, -0.15) is 11.8 Å². The zero-order valence-corrected chi connectivity index (χ0v) is 12.9. The van der Waals surface area contributed by atoms with Gasteiger partial charge in [0.2, 0.25) is 5.91 Å². The molecule has 1 aromatic rings. The number of carbonyl (C=O) groups excluding carboxylic acids is 2. The highest BCUT2D eigenvalue weighted by Crippen LogP contribution is 2.10. The summed E-state index contributed by atoms with van der Waals surface area (Å²) in [4.78, 5) is 23.0. The molecular formula is C16H23NO2S. The van der Waals surface area contributed by atoms with E-state index in [1.807, 2.05) is 36.6 Å². The average molecular weight is 293 g/mol. The number of amides is 1. The summed E-state index contributed by atoms with van der Waals surface area (Å²) in [6, 6.07) is 9.50. The highest BCUT2D eigenvalue weighted by molar-refractivity contribution is 7.99. The number of hydrogen-bond donors (Lipinski definition) is 1. The van der Waals surface area contributed by atoms with E-state index in [9.17, 15) is 9.59 Å². The third-order valence-corrected chi connectivity index (χ3v) is 3.58. The third kappa shape index (κ3) is 8.00. The maximum Gasteiger partial charge on any atom is 0.224 e. The molecule has 0 aliphatic heterocycles. The quantitative estimate of drug-likeness (QED) is 0.666. The molecule has 0 radical (unpaired) electrons. The van der Waals surface area contributed by atoms with Gasteiger partial charge in [0.1, 0.15) is 5.78 Å². The fourth-order valence-electron chi connectivity index (χ4n) is 1.94. The molecule has 0 aliphatic carbocycles. The normalized spacial score (nSPS) is 10.2. The van der Waals surface area contributed by atoms with E-state index in [-0.39, 0.29) is 5.91 Å².